The van der Waals surface area contributed by atoms with Crippen LogP contribution in [0.2, 0.25) is 0 Å². The largest absolute Gasteiger partial charge is 0.246 e. The van der Waals surface area contributed by atoms with Crippen molar-refractivity contribution in [3.05, 3.63) is 29.6 Å². The molecule has 0 N–H and O–H groups in total. The highest BCUT2D eigenvalue weighted by Crippen LogP contribution is 1.95. The van der Waals surface area contributed by atoms with Gasteiger partial charge < -0.3 is 0 Å². The van der Waals surface area contributed by atoms with Crippen molar-refractivity contribution in [1.29, 1.82) is 5.26 Å². The summed E-state index contributed by atoms with van der Waals surface area (Å²) in [5.41, 5.74) is 1.08. The van der Waals surface area contributed by atoms with Gasteiger partial charge in [0.2, 0.25) is 0 Å². The standard InChI is InChI=1S/C8H4N2/c1-2-8-4-3-7(5-9)6-10-8/h1,3-4,6H. The summed E-state index contributed by atoms with van der Waals surface area (Å²) < 4.78 is 0. The van der Waals surface area contributed by atoms with Crippen LogP contribution < -0.4 is 0 Å². The summed E-state index contributed by atoms with van der Waals surface area (Å²) in [5.74, 6) is 2.36. The summed E-state index contributed by atoms with van der Waals surface area (Å²) in [6, 6.07) is 5.23. The van der Waals surface area contributed by atoms with E-state index in [0.29, 0.717) is 11.3 Å². The van der Waals surface area contributed by atoms with Crippen LogP contribution in [-0.2, 0) is 0 Å². The molecule has 10 heavy (non-hydrogen) atoms. The van der Waals surface area contributed by atoms with E-state index in [9.17, 15) is 0 Å². The van der Waals surface area contributed by atoms with Crippen LogP contribution in [0.4, 0.5) is 0 Å². The third kappa shape index (κ3) is 1.13. The Bertz CT molecular complexity index is 265. The molecular weight excluding hydrogens is 124 g/mol. The number of nitriles is 1. The topological polar surface area (TPSA) is 36.7 Å². The summed E-state index contributed by atoms with van der Waals surface area (Å²) in [5, 5.41) is 8.36. The zero-order valence-corrected chi connectivity index (χ0v) is 5.20. The molecule has 0 amide bonds. The van der Waals surface area contributed by atoms with Gasteiger partial charge in [0.25, 0.3) is 0 Å². The molecule has 2 nitrogen and oxygen atoms in total. The van der Waals surface area contributed by atoms with Gasteiger partial charge in [0, 0.05) is 6.20 Å². The zero-order chi connectivity index (χ0) is 7.40. The van der Waals surface area contributed by atoms with Gasteiger partial charge in [-0.2, -0.15) is 5.26 Å². The number of aromatic nitrogens is 1. The molecule has 0 aliphatic rings. The third-order valence-electron chi connectivity index (χ3n) is 1.04. The highest BCUT2D eigenvalue weighted by Gasteiger charge is 1.88. The summed E-state index contributed by atoms with van der Waals surface area (Å²) in [7, 11) is 0. The van der Waals surface area contributed by atoms with Gasteiger partial charge in [0.15, 0.2) is 0 Å². The molecule has 1 rings (SSSR count). The number of nitrogens with zero attached hydrogens (tertiary/aromatic N) is 2. The Morgan fingerprint density at radius 1 is 1.50 bits per heavy atom. The Kier molecular flexibility index (Phi) is 1.68. The normalized spacial score (nSPS) is 7.80. The maximum atomic E-state index is 8.36. The second-order valence-electron chi connectivity index (χ2n) is 1.69. The molecule has 0 fully saturated rings. The SMILES string of the molecule is C#Cc1ccc(C#N)cn1. The molecule has 0 radical (unpaired) electrons. The van der Waals surface area contributed by atoms with Gasteiger partial charge in [-0.15, -0.1) is 6.42 Å². The molecule has 0 saturated heterocycles. The molecule has 0 unspecified atom stereocenters. The van der Waals surface area contributed by atoms with Gasteiger partial charge in [-0.1, -0.05) is 5.92 Å². The van der Waals surface area contributed by atoms with Gasteiger partial charge in [-0.3, -0.25) is 0 Å². The Balaban J connectivity index is 3.08. The highest BCUT2D eigenvalue weighted by atomic mass is 14.7. The molecule has 0 saturated carbocycles. The van der Waals surface area contributed by atoms with Crippen LogP contribution in [0.5, 0.6) is 0 Å². The molecule has 0 aliphatic carbocycles. The first-order chi connectivity index (χ1) is 4.86. The van der Waals surface area contributed by atoms with Gasteiger partial charge in [-0.05, 0) is 12.1 Å². The lowest BCUT2D eigenvalue weighted by Crippen LogP contribution is -1.81. The van der Waals surface area contributed by atoms with E-state index < -0.39 is 0 Å². The molecule has 0 aromatic carbocycles. The smallest absolute Gasteiger partial charge is 0.112 e. The van der Waals surface area contributed by atoms with E-state index in [-0.39, 0.29) is 0 Å². The monoisotopic (exact) mass is 128 g/mol. The molecule has 1 aromatic heterocycles. The van der Waals surface area contributed by atoms with Crippen LogP contribution in [0.1, 0.15) is 11.3 Å². The quantitative estimate of drug-likeness (QED) is 0.487. The molecule has 0 bridgehead atoms. The molecule has 2 heteroatoms. The van der Waals surface area contributed by atoms with Crippen LogP contribution >= 0.6 is 0 Å². The van der Waals surface area contributed by atoms with Crippen LogP contribution in [0, 0.1) is 23.7 Å². The number of terminal acetylenes is 1. The summed E-state index contributed by atoms with van der Waals surface area (Å²) in [4.78, 5) is 3.81. The zero-order valence-electron chi connectivity index (χ0n) is 5.20. The second kappa shape index (κ2) is 2.66. The fourth-order valence-corrected chi connectivity index (χ4v) is 0.545. The minimum atomic E-state index is 0.527. The van der Waals surface area contributed by atoms with Crippen molar-refractivity contribution in [2.45, 2.75) is 0 Å². The molecule has 0 aliphatic heterocycles. The predicted molar refractivity (Wildman–Crippen MR) is 36.9 cm³/mol. The lowest BCUT2D eigenvalue weighted by molar-refractivity contribution is 1.27. The molecule has 0 spiro atoms. The maximum Gasteiger partial charge on any atom is 0.112 e. The number of rotatable bonds is 0. The van der Waals surface area contributed by atoms with E-state index in [4.69, 9.17) is 11.7 Å². The molecular formula is C8H4N2. The minimum Gasteiger partial charge on any atom is -0.246 e. The first-order valence-electron chi connectivity index (χ1n) is 2.69. The maximum absolute atomic E-state index is 8.36. The lowest BCUT2D eigenvalue weighted by atomic mass is 10.3. The Morgan fingerprint density at radius 3 is 2.70 bits per heavy atom. The second-order valence-corrected chi connectivity index (χ2v) is 1.69. The molecule has 0 atom stereocenters. The van der Waals surface area contributed by atoms with Gasteiger partial charge in [-0.25, -0.2) is 4.98 Å². The number of hydrogen-bond acceptors (Lipinski definition) is 2. The summed E-state index contributed by atoms with van der Waals surface area (Å²) in [6.45, 7) is 0. The Morgan fingerprint density at radius 2 is 2.30 bits per heavy atom. The average Bonchev–Trinajstić information content (AvgIpc) is 2.05. The van der Waals surface area contributed by atoms with Crippen LogP contribution in [0.3, 0.4) is 0 Å². The van der Waals surface area contributed by atoms with Crippen molar-refractivity contribution >= 4 is 0 Å². The van der Waals surface area contributed by atoms with E-state index in [1.54, 1.807) is 12.1 Å². The Labute approximate surface area is 59.1 Å². The van der Waals surface area contributed by atoms with E-state index >= 15 is 0 Å². The Hall–Kier alpha value is -1.80. The first kappa shape index (κ1) is 6.32. The van der Waals surface area contributed by atoms with Crippen molar-refractivity contribution in [2.75, 3.05) is 0 Å². The fraction of sp³-hybridized carbons (Fsp3) is 0. The summed E-state index contributed by atoms with van der Waals surface area (Å²) in [6.07, 6.45) is 6.50. The van der Waals surface area contributed by atoms with Crippen LogP contribution in [0.15, 0.2) is 18.3 Å². The van der Waals surface area contributed by atoms with Gasteiger partial charge >= 0.3 is 0 Å². The molecule has 1 heterocycles. The molecule has 1 aromatic rings. The van der Waals surface area contributed by atoms with E-state index in [1.807, 2.05) is 6.07 Å². The first-order valence-corrected chi connectivity index (χ1v) is 2.69. The van der Waals surface area contributed by atoms with Crippen LogP contribution in [0.25, 0.3) is 0 Å². The van der Waals surface area contributed by atoms with Crippen molar-refractivity contribution in [3.8, 4) is 18.4 Å². The van der Waals surface area contributed by atoms with Crippen molar-refractivity contribution in [3.63, 3.8) is 0 Å². The fourth-order valence-electron chi connectivity index (χ4n) is 0.545. The van der Waals surface area contributed by atoms with E-state index in [2.05, 4.69) is 10.9 Å². The minimum absolute atomic E-state index is 0.527. The van der Waals surface area contributed by atoms with Crippen molar-refractivity contribution in [2.24, 2.45) is 0 Å². The van der Waals surface area contributed by atoms with Crippen molar-refractivity contribution in [1.82, 2.24) is 4.98 Å². The predicted octanol–water partition coefficient (Wildman–Crippen LogP) is 0.935. The average molecular weight is 128 g/mol. The number of hydrogen-bond donors (Lipinski definition) is 0. The molecule has 46 valence electrons. The van der Waals surface area contributed by atoms with Gasteiger partial charge in [0.1, 0.15) is 11.8 Å². The van der Waals surface area contributed by atoms with E-state index in [1.165, 1.54) is 6.20 Å². The van der Waals surface area contributed by atoms with Crippen LogP contribution in [-0.4, -0.2) is 4.98 Å². The lowest BCUT2D eigenvalue weighted by Gasteiger charge is -1.86. The van der Waals surface area contributed by atoms with E-state index in [0.717, 1.165) is 0 Å². The highest BCUT2D eigenvalue weighted by molar-refractivity contribution is 5.31. The summed E-state index contributed by atoms with van der Waals surface area (Å²) >= 11 is 0. The van der Waals surface area contributed by atoms with Gasteiger partial charge in [0.05, 0.1) is 5.56 Å². The van der Waals surface area contributed by atoms with Crippen molar-refractivity contribution < 1.29 is 0 Å². The third-order valence-corrected chi connectivity index (χ3v) is 1.04. The number of pyridine rings is 1.